The predicted octanol–water partition coefficient (Wildman–Crippen LogP) is 3.36. The minimum Gasteiger partial charge on any atom is -0.497 e. The summed E-state index contributed by atoms with van der Waals surface area (Å²) in [7, 11) is 4.00. The molecular weight excluding hydrogens is 405 g/mol. The molecule has 0 aliphatic carbocycles. The Kier molecular flexibility index (Phi) is 5.41. The van der Waals surface area contributed by atoms with Crippen LogP contribution in [0, 0.1) is 11.2 Å². The molecule has 4 rings (SSSR count). The first-order valence-electron chi connectivity index (χ1n) is 9.71. The van der Waals surface area contributed by atoms with Crippen molar-refractivity contribution in [2.24, 2.45) is 5.41 Å². The Labute approximate surface area is 178 Å². The van der Waals surface area contributed by atoms with Crippen LogP contribution in [-0.4, -0.2) is 44.9 Å². The molecule has 2 heterocycles. The summed E-state index contributed by atoms with van der Waals surface area (Å²) < 4.78 is 29.5. The van der Waals surface area contributed by atoms with Gasteiger partial charge in [0.25, 0.3) is 0 Å². The third kappa shape index (κ3) is 3.23. The number of esters is 2. The van der Waals surface area contributed by atoms with Gasteiger partial charge in [-0.25, -0.2) is 9.45 Å². The fourth-order valence-corrected chi connectivity index (χ4v) is 4.29. The van der Waals surface area contributed by atoms with E-state index < -0.39 is 29.2 Å². The quantitative estimate of drug-likeness (QED) is 0.547. The lowest BCUT2D eigenvalue weighted by Crippen LogP contribution is -2.56. The number of hydroxylamine groups is 2. The zero-order valence-electron chi connectivity index (χ0n) is 17.4. The highest BCUT2D eigenvalue weighted by molar-refractivity contribution is 6.02. The van der Waals surface area contributed by atoms with Crippen molar-refractivity contribution < 1.29 is 33.0 Å². The number of fused-ring (bicyclic) bond motifs is 3. The Morgan fingerprint density at radius 1 is 1.06 bits per heavy atom. The fourth-order valence-electron chi connectivity index (χ4n) is 4.29. The first-order chi connectivity index (χ1) is 15.0. The minimum absolute atomic E-state index is 0.0271. The van der Waals surface area contributed by atoms with Crippen LogP contribution in [0.1, 0.15) is 29.2 Å². The number of carbonyl (C=O) groups excluding carboxylic acids is 2. The molecule has 7 nitrogen and oxygen atoms in total. The van der Waals surface area contributed by atoms with E-state index in [2.05, 4.69) is 0 Å². The molecule has 0 bridgehead atoms. The van der Waals surface area contributed by atoms with Crippen molar-refractivity contribution in [2.45, 2.75) is 12.5 Å². The van der Waals surface area contributed by atoms with Gasteiger partial charge in [0.1, 0.15) is 17.6 Å². The third-order valence-electron chi connectivity index (χ3n) is 5.79. The molecule has 1 fully saturated rings. The number of carbonyl (C=O) groups is 2. The molecule has 0 saturated carbocycles. The van der Waals surface area contributed by atoms with Gasteiger partial charge < -0.3 is 14.2 Å². The first-order valence-corrected chi connectivity index (χ1v) is 9.71. The highest BCUT2D eigenvalue weighted by Gasteiger charge is 2.61. The molecule has 1 atom stereocenters. The number of halogens is 1. The van der Waals surface area contributed by atoms with Gasteiger partial charge in [-0.05, 0) is 53.6 Å². The van der Waals surface area contributed by atoms with E-state index in [1.165, 1.54) is 31.4 Å². The summed E-state index contributed by atoms with van der Waals surface area (Å²) >= 11 is 0. The molecule has 2 aromatic carbocycles. The molecule has 0 amide bonds. The predicted molar refractivity (Wildman–Crippen MR) is 109 cm³/mol. The third-order valence-corrected chi connectivity index (χ3v) is 5.79. The van der Waals surface area contributed by atoms with Gasteiger partial charge in [-0.3, -0.25) is 14.4 Å². The van der Waals surface area contributed by atoms with Crippen LogP contribution in [0.5, 0.6) is 5.75 Å². The summed E-state index contributed by atoms with van der Waals surface area (Å²) in [5.41, 5.74) is 0.759. The molecular formula is C23H22FNO6. The topological polar surface area (TPSA) is 74.3 Å². The number of nitrogens with zero attached hydrogens (tertiary/aromatic N) is 1. The summed E-state index contributed by atoms with van der Waals surface area (Å²) in [4.78, 5) is 32.0. The second kappa shape index (κ2) is 8.03. The standard InChI is InChI=1S/C23H22FNO6/c1-28-17-8-5-14(6-9-17)19-12-15-4-7-16(24)13-18(15)20-23(21(26)29-2,22(27)30-3)10-11-31-25(19)20/h4-9,12-13,20H,10-11H2,1-3H3. The van der Waals surface area contributed by atoms with E-state index in [9.17, 15) is 14.0 Å². The lowest BCUT2D eigenvalue weighted by molar-refractivity contribution is -0.229. The van der Waals surface area contributed by atoms with Gasteiger partial charge in [0.05, 0.1) is 33.6 Å². The van der Waals surface area contributed by atoms with Crippen molar-refractivity contribution in [1.82, 2.24) is 5.06 Å². The number of benzene rings is 2. The van der Waals surface area contributed by atoms with Crippen LogP contribution in [0.25, 0.3) is 11.8 Å². The molecule has 0 radical (unpaired) electrons. The molecule has 8 heteroatoms. The van der Waals surface area contributed by atoms with E-state index >= 15 is 0 Å². The van der Waals surface area contributed by atoms with Crippen molar-refractivity contribution >= 4 is 23.7 Å². The average Bonchev–Trinajstić information content (AvgIpc) is 2.82. The number of hydrogen-bond acceptors (Lipinski definition) is 7. The maximum atomic E-state index is 14.2. The van der Waals surface area contributed by atoms with Crippen molar-refractivity contribution in [3.8, 4) is 5.75 Å². The average molecular weight is 427 g/mol. The van der Waals surface area contributed by atoms with Gasteiger partial charge in [0.15, 0.2) is 5.41 Å². The molecule has 162 valence electrons. The van der Waals surface area contributed by atoms with Gasteiger partial charge in [-0.15, -0.1) is 0 Å². The Balaban J connectivity index is 1.95. The van der Waals surface area contributed by atoms with E-state index in [1.54, 1.807) is 25.3 Å². The van der Waals surface area contributed by atoms with E-state index in [1.807, 2.05) is 18.2 Å². The van der Waals surface area contributed by atoms with Crippen LogP contribution in [0.15, 0.2) is 42.5 Å². The van der Waals surface area contributed by atoms with Crippen molar-refractivity contribution in [2.75, 3.05) is 27.9 Å². The maximum Gasteiger partial charge on any atom is 0.325 e. The number of ether oxygens (including phenoxy) is 3. The SMILES string of the molecule is COC(=O)C1(C(=O)OC)CCON2C(c3ccc(OC)cc3)=Cc3ccc(F)cc3C21. The monoisotopic (exact) mass is 427 g/mol. The largest absolute Gasteiger partial charge is 0.497 e. The number of rotatable bonds is 4. The fraction of sp³-hybridized carbons (Fsp3) is 0.304. The van der Waals surface area contributed by atoms with Gasteiger partial charge in [-0.1, -0.05) is 6.07 Å². The molecule has 0 spiro atoms. The molecule has 31 heavy (non-hydrogen) atoms. The molecule has 0 N–H and O–H groups in total. The highest BCUT2D eigenvalue weighted by atomic mass is 19.1. The van der Waals surface area contributed by atoms with Gasteiger partial charge in [0.2, 0.25) is 0 Å². The Hall–Kier alpha value is -3.39. The zero-order valence-corrected chi connectivity index (χ0v) is 17.4. The highest BCUT2D eigenvalue weighted by Crippen LogP contribution is 2.53. The van der Waals surface area contributed by atoms with E-state index in [-0.39, 0.29) is 13.0 Å². The molecule has 2 aromatic rings. The normalized spacial score (nSPS) is 18.9. The Bertz CT molecular complexity index is 1030. The molecule has 2 aliphatic heterocycles. The smallest absolute Gasteiger partial charge is 0.325 e. The van der Waals surface area contributed by atoms with Crippen LogP contribution < -0.4 is 4.74 Å². The summed E-state index contributed by atoms with van der Waals surface area (Å²) in [5.74, 6) is -1.33. The van der Waals surface area contributed by atoms with Gasteiger partial charge in [0, 0.05) is 12.0 Å². The van der Waals surface area contributed by atoms with Gasteiger partial charge in [-0.2, -0.15) is 0 Å². The summed E-state index contributed by atoms with van der Waals surface area (Å²) in [6, 6.07) is 10.5. The molecule has 1 unspecified atom stereocenters. The van der Waals surface area contributed by atoms with E-state index in [4.69, 9.17) is 19.0 Å². The van der Waals surface area contributed by atoms with Crippen LogP contribution in [-0.2, 0) is 23.9 Å². The Morgan fingerprint density at radius 3 is 2.35 bits per heavy atom. The van der Waals surface area contributed by atoms with Crippen LogP contribution in [0.2, 0.25) is 0 Å². The maximum absolute atomic E-state index is 14.2. The summed E-state index contributed by atoms with van der Waals surface area (Å²) in [6.07, 6.45) is 1.86. The van der Waals surface area contributed by atoms with Crippen molar-refractivity contribution in [1.29, 1.82) is 0 Å². The minimum atomic E-state index is -1.73. The van der Waals surface area contributed by atoms with Crippen molar-refractivity contribution in [3.63, 3.8) is 0 Å². The van der Waals surface area contributed by atoms with E-state index in [0.717, 1.165) is 5.56 Å². The lowest BCUT2D eigenvalue weighted by atomic mass is 9.70. The van der Waals surface area contributed by atoms with Crippen LogP contribution >= 0.6 is 0 Å². The molecule has 0 aromatic heterocycles. The second-order valence-corrected chi connectivity index (χ2v) is 7.30. The number of methoxy groups -OCH3 is 3. The van der Waals surface area contributed by atoms with E-state index in [0.29, 0.717) is 22.6 Å². The molecule has 2 aliphatic rings. The Morgan fingerprint density at radius 2 is 1.74 bits per heavy atom. The van der Waals surface area contributed by atoms with Crippen LogP contribution in [0.4, 0.5) is 4.39 Å². The van der Waals surface area contributed by atoms with Crippen LogP contribution in [0.3, 0.4) is 0 Å². The lowest BCUT2D eigenvalue weighted by Gasteiger charge is -2.49. The summed E-state index contributed by atoms with van der Waals surface area (Å²) in [5, 5.41) is 1.49. The first kappa shape index (κ1) is 20.9. The summed E-state index contributed by atoms with van der Waals surface area (Å²) in [6.45, 7) is 0.0683. The van der Waals surface area contributed by atoms with Crippen molar-refractivity contribution in [3.05, 3.63) is 65.0 Å². The number of hydrogen-bond donors (Lipinski definition) is 0. The molecule has 1 saturated heterocycles. The zero-order chi connectivity index (χ0) is 22.2. The second-order valence-electron chi connectivity index (χ2n) is 7.30. The van der Waals surface area contributed by atoms with Gasteiger partial charge >= 0.3 is 11.9 Å².